The SMILES string of the molecule is CCC(C#N)(CCCNCCOc1ccccc1OC)c1cc(OC)c(OC)c(OC)c1. The summed E-state index contributed by atoms with van der Waals surface area (Å²) in [6.45, 7) is 4.04. The summed E-state index contributed by atoms with van der Waals surface area (Å²) in [5, 5.41) is 13.5. The van der Waals surface area contributed by atoms with Crippen molar-refractivity contribution in [2.24, 2.45) is 0 Å². The number of rotatable bonds is 14. The summed E-state index contributed by atoms with van der Waals surface area (Å²) in [4.78, 5) is 0. The van der Waals surface area contributed by atoms with Crippen LogP contribution in [0.25, 0.3) is 0 Å². The van der Waals surface area contributed by atoms with Crippen LogP contribution in [0.2, 0.25) is 0 Å². The maximum absolute atomic E-state index is 10.1. The van der Waals surface area contributed by atoms with Crippen molar-refractivity contribution in [3.05, 3.63) is 42.0 Å². The van der Waals surface area contributed by atoms with Crippen molar-refractivity contribution in [3.63, 3.8) is 0 Å². The minimum absolute atomic E-state index is 0.526. The average Bonchev–Trinajstić information content (AvgIpc) is 2.85. The van der Waals surface area contributed by atoms with Crippen LogP contribution in [0.1, 0.15) is 31.7 Å². The predicted molar refractivity (Wildman–Crippen MR) is 124 cm³/mol. The molecule has 0 spiro atoms. The highest BCUT2D eigenvalue weighted by molar-refractivity contribution is 5.56. The molecule has 0 fully saturated rings. The Morgan fingerprint density at radius 1 is 0.875 bits per heavy atom. The van der Waals surface area contributed by atoms with Gasteiger partial charge in [-0.1, -0.05) is 19.1 Å². The lowest BCUT2D eigenvalue weighted by Gasteiger charge is -2.27. The molecule has 7 heteroatoms. The zero-order chi connectivity index (χ0) is 23.4. The number of para-hydroxylation sites is 2. The van der Waals surface area contributed by atoms with Gasteiger partial charge in [-0.05, 0) is 55.6 Å². The Bertz CT molecular complexity index is 871. The van der Waals surface area contributed by atoms with Crippen molar-refractivity contribution in [1.29, 1.82) is 5.26 Å². The van der Waals surface area contributed by atoms with Crippen LogP contribution in [-0.2, 0) is 5.41 Å². The van der Waals surface area contributed by atoms with Crippen LogP contribution in [0.5, 0.6) is 28.7 Å². The summed E-state index contributed by atoms with van der Waals surface area (Å²) in [5.41, 5.74) is 0.235. The van der Waals surface area contributed by atoms with Crippen molar-refractivity contribution < 1.29 is 23.7 Å². The van der Waals surface area contributed by atoms with E-state index >= 15 is 0 Å². The second-order valence-corrected chi connectivity index (χ2v) is 7.31. The minimum atomic E-state index is -0.636. The normalized spacial score (nSPS) is 12.4. The Morgan fingerprint density at radius 2 is 1.50 bits per heavy atom. The lowest BCUT2D eigenvalue weighted by atomic mass is 9.75. The van der Waals surface area contributed by atoms with E-state index in [9.17, 15) is 5.26 Å². The third-order valence-corrected chi connectivity index (χ3v) is 5.60. The van der Waals surface area contributed by atoms with Crippen molar-refractivity contribution in [2.75, 3.05) is 48.1 Å². The number of nitrogens with one attached hydrogen (secondary N) is 1. The first kappa shape index (κ1) is 25.2. The molecule has 2 aromatic rings. The fraction of sp³-hybridized carbons (Fsp3) is 0.480. The molecule has 2 rings (SSSR count). The van der Waals surface area contributed by atoms with Crippen LogP contribution in [0.3, 0.4) is 0 Å². The van der Waals surface area contributed by atoms with Crippen LogP contribution < -0.4 is 29.0 Å². The van der Waals surface area contributed by atoms with Gasteiger partial charge in [0.25, 0.3) is 0 Å². The molecule has 1 unspecified atom stereocenters. The highest BCUT2D eigenvalue weighted by Gasteiger charge is 2.32. The van der Waals surface area contributed by atoms with Gasteiger partial charge in [0.15, 0.2) is 23.0 Å². The number of benzene rings is 2. The first-order chi connectivity index (χ1) is 15.6. The Balaban J connectivity index is 1.94. The van der Waals surface area contributed by atoms with E-state index in [0.717, 1.165) is 30.0 Å². The third kappa shape index (κ3) is 5.98. The molecule has 32 heavy (non-hydrogen) atoms. The van der Waals surface area contributed by atoms with Crippen molar-refractivity contribution in [1.82, 2.24) is 5.32 Å². The topological polar surface area (TPSA) is 82.0 Å². The summed E-state index contributed by atoms with van der Waals surface area (Å²) in [5.74, 6) is 3.09. The molecule has 0 saturated carbocycles. The third-order valence-electron chi connectivity index (χ3n) is 5.60. The van der Waals surface area contributed by atoms with E-state index in [-0.39, 0.29) is 0 Å². The van der Waals surface area contributed by atoms with Crippen LogP contribution in [0, 0.1) is 11.3 Å². The molecule has 0 heterocycles. The second-order valence-electron chi connectivity index (χ2n) is 7.31. The fourth-order valence-corrected chi connectivity index (χ4v) is 3.69. The van der Waals surface area contributed by atoms with Gasteiger partial charge in [-0.3, -0.25) is 0 Å². The molecule has 0 aliphatic heterocycles. The summed E-state index contributed by atoms with van der Waals surface area (Å²) in [7, 11) is 6.36. The molecule has 0 saturated heterocycles. The minimum Gasteiger partial charge on any atom is -0.493 e. The lowest BCUT2D eigenvalue weighted by Crippen LogP contribution is -2.27. The van der Waals surface area contributed by atoms with Crippen LogP contribution in [0.15, 0.2) is 36.4 Å². The maximum Gasteiger partial charge on any atom is 0.203 e. The van der Waals surface area contributed by atoms with Crippen LogP contribution in [0.4, 0.5) is 0 Å². The fourth-order valence-electron chi connectivity index (χ4n) is 3.69. The standard InChI is InChI=1S/C25H34N2O5/c1-6-25(18-26,19-16-22(29-3)24(31-5)23(17-19)30-4)12-9-13-27-14-15-32-21-11-8-7-10-20(21)28-2/h7-8,10-11,16-17,27H,6,9,12-15H2,1-5H3. The van der Waals surface area contributed by atoms with Crippen molar-refractivity contribution >= 4 is 0 Å². The van der Waals surface area contributed by atoms with Gasteiger partial charge in [-0.2, -0.15) is 5.26 Å². The monoisotopic (exact) mass is 442 g/mol. The van der Waals surface area contributed by atoms with Crippen LogP contribution >= 0.6 is 0 Å². The van der Waals surface area contributed by atoms with Gasteiger partial charge in [0.1, 0.15) is 6.61 Å². The zero-order valence-corrected chi connectivity index (χ0v) is 19.7. The van der Waals surface area contributed by atoms with Gasteiger partial charge in [0, 0.05) is 6.54 Å². The summed E-state index contributed by atoms with van der Waals surface area (Å²) in [6, 6.07) is 13.9. The van der Waals surface area contributed by atoms with Crippen molar-refractivity contribution in [3.8, 4) is 34.8 Å². The molecule has 1 atom stereocenters. The highest BCUT2D eigenvalue weighted by Crippen LogP contribution is 2.43. The maximum atomic E-state index is 10.1. The first-order valence-corrected chi connectivity index (χ1v) is 10.8. The van der Waals surface area contributed by atoms with Gasteiger partial charge in [-0.25, -0.2) is 0 Å². The first-order valence-electron chi connectivity index (χ1n) is 10.8. The quantitative estimate of drug-likeness (QED) is 0.436. The number of methoxy groups -OCH3 is 4. The van der Waals surface area contributed by atoms with Gasteiger partial charge in [0.2, 0.25) is 5.75 Å². The highest BCUT2D eigenvalue weighted by atomic mass is 16.5. The lowest BCUT2D eigenvalue weighted by molar-refractivity contribution is 0.291. The molecule has 0 amide bonds. The molecule has 0 aromatic heterocycles. The molecule has 2 aromatic carbocycles. The van der Waals surface area contributed by atoms with E-state index in [1.807, 2.05) is 43.3 Å². The largest absolute Gasteiger partial charge is 0.493 e. The average molecular weight is 443 g/mol. The molecule has 0 aliphatic rings. The molecular formula is C25H34N2O5. The van der Waals surface area contributed by atoms with Crippen molar-refractivity contribution in [2.45, 2.75) is 31.6 Å². The number of nitriles is 1. The van der Waals surface area contributed by atoms with Crippen LogP contribution in [-0.4, -0.2) is 48.1 Å². The summed E-state index contributed by atoms with van der Waals surface area (Å²) < 4.78 is 27.4. The van der Waals surface area contributed by atoms with E-state index in [4.69, 9.17) is 23.7 Å². The Labute approximate surface area is 191 Å². The Morgan fingerprint density at radius 3 is 2.03 bits per heavy atom. The van der Waals surface area contributed by atoms with Gasteiger partial charge < -0.3 is 29.0 Å². The van der Waals surface area contributed by atoms with E-state index in [1.54, 1.807) is 28.4 Å². The van der Waals surface area contributed by atoms with E-state index < -0.39 is 5.41 Å². The van der Waals surface area contributed by atoms with Gasteiger partial charge in [-0.15, -0.1) is 0 Å². The molecule has 0 radical (unpaired) electrons. The predicted octanol–water partition coefficient (Wildman–Crippen LogP) is 4.34. The van der Waals surface area contributed by atoms with E-state index in [1.165, 1.54) is 0 Å². The number of nitrogens with zero attached hydrogens (tertiary/aromatic N) is 1. The molecule has 0 bridgehead atoms. The Hall–Kier alpha value is -3.11. The Kier molecular flexibility index (Phi) is 9.96. The van der Waals surface area contributed by atoms with E-state index in [0.29, 0.717) is 43.2 Å². The van der Waals surface area contributed by atoms with E-state index in [2.05, 4.69) is 11.4 Å². The smallest absolute Gasteiger partial charge is 0.203 e. The molecule has 0 aliphatic carbocycles. The molecule has 1 N–H and O–H groups in total. The van der Waals surface area contributed by atoms with Gasteiger partial charge >= 0.3 is 0 Å². The zero-order valence-electron chi connectivity index (χ0n) is 19.7. The number of ether oxygens (including phenoxy) is 5. The molecular weight excluding hydrogens is 408 g/mol. The number of hydrogen-bond donors (Lipinski definition) is 1. The summed E-state index contributed by atoms with van der Waals surface area (Å²) in [6.07, 6.45) is 2.23. The van der Waals surface area contributed by atoms with Gasteiger partial charge in [0.05, 0.1) is 39.9 Å². The summed E-state index contributed by atoms with van der Waals surface area (Å²) >= 11 is 0. The molecule has 174 valence electrons. The second kappa shape index (κ2) is 12.7. The number of hydrogen-bond acceptors (Lipinski definition) is 7. The molecule has 7 nitrogen and oxygen atoms in total.